The molecular weight excluding hydrogens is 264 g/mol. The van der Waals surface area contributed by atoms with E-state index in [0.717, 1.165) is 0 Å². The Labute approximate surface area is 117 Å². The fraction of sp³-hybridized carbons (Fsp3) is 0.462. The molecule has 0 aliphatic heterocycles. The van der Waals surface area contributed by atoms with Crippen molar-refractivity contribution in [3.63, 3.8) is 0 Å². The lowest BCUT2D eigenvalue weighted by Gasteiger charge is -2.15. The Balaban J connectivity index is 2.67. The Bertz CT molecular complexity index is 490. The first kappa shape index (κ1) is 15.9. The van der Waals surface area contributed by atoms with Crippen molar-refractivity contribution in [3.05, 3.63) is 33.9 Å². The molecule has 110 valence electrons. The summed E-state index contributed by atoms with van der Waals surface area (Å²) in [4.78, 5) is 21.8. The first-order valence-corrected chi connectivity index (χ1v) is 6.21. The summed E-state index contributed by atoms with van der Waals surface area (Å²) in [6.07, 6.45) is 0. The molecule has 20 heavy (non-hydrogen) atoms. The number of rotatable bonds is 7. The molecule has 0 aliphatic carbocycles. The zero-order chi connectivity index (χ0) is 15.1. The maximum Gasteiger partial charge on any atom is 0.326 e. The van der Waals surface area contributed by atoms with Crippen LogP contribution in [0.2, 0.25) is 0 Å². The van der Waals surface area contributed by atoms with Gasteiger partial charge >= 0.3 is 5.97 Å². The lowest BCUT2D eigenvalue weighted by atomic mass is 10.2. The fourth-order valence-corrected chi connectivity index (χ4v) is 1.61. The molecule has 1 aromatic rings. The van der Waals surface area contributed by atoms with E-state index >= 15 is 0 Å². The van der Waals surface area contributed by atoms with Gasteiger partial charge in [-0.15, -0.1) is 0 Å². The number of nitrogens with zero attached hydrogens (tertiary/aromatic N) is 1. The van der Waals surface area contributed by atoms with Gasteiger partial charge in [-0.2, -0.15) is 0 Å². The molecule has 1 atom stereocenters. The number of aryl methyl sites for hydroxylation is 1. The second-order valence-electron chi connectivity index (χ2n) is 4.11. The Morgan fingerprint density at radius 2 is 2.20 bits per heavy atom. The van der Waals surface area contributed by atoms with Crippen LogP contribution < -0.4 is 10.1 Å². The number of hydrogen-bond acceptors (Lipinski definition) is 6. The van der Waals surface area contributed by atoms with Gasteiger partial charge in [0.2, 0.25) is 0 Å². The third kappa shape index (κ3) is 4.20. The second-order valence-corrected chi connectivity index (χ2v) is 4.11. The number of carbonyl (C=O) groups is 1. The highest BCUT2D eigenvalue weighted by Gasteiger charge is 2.19. The number of esters is 1. The molecule has 0 spiro atoms. The second kappa shape index (κ2) is 7.44. The maximum absolute atomic E-state index is 11.6. The minimum Gasteiger partial charge on any atom is -0.491 e. The van der Waals surface area contributed by atoms with Crippen LogP contribution in [0.1, 0.15) is 12.5 Å². The van der Waals surface area contributed by atoms with Gasteiger partial charge in [0.1, 0.15) is 18.4 Å². The Kier molecular flexibility index (Phi) is 5.92. The summed E-state index contributed by atoms with van der Waals surface area (Å²) in [5.41, 5.74) is 0.539. The van der Waals surface area contributed by atoms with Crippen LogP contribution in [-0.2, 0) is 9.53 Å². The molecule has 0 aromatic heterocycles. The number of likely N-dealkylation sites (N-methyl/N-ethyl adjacent to an activating group) is 1. The smallest absolute Gasteiger partial charge is 0.326 e. The van der Waals surface area contributed by atoms with Crippen molar-refractivity contribution in [2.45, 2.75) is 19.9 Å². The first-order chi connectivity index (χ1) is 9.49. The van der Waals surface area contributed by atoms with Gasteiger partial charge < -0.3 is 14.8 Å². The molecular formula is C13H18N2O5. The molecule has 0 bridgehead atoms. The van der Waals surface area contributed by atoms with Crippen molar-refractivity contribution in [3.8, 4) is 5.75 Å². The Morgan fingerprint density at radius 3 is 2.70 bits per heavy atom. The van der Waals surface area contributed by atoms with E-state index in [1.807, 2.05) is 0 Å². The Morgan fingerprint density at radius 1 is 1.50 bits per heavy atom. The van der Waals surface area contributed by atoms with Gasteiger partial charge in [-0.3, -0.25) is 14.9 Å². The summed E-state index contributed by atoms with van der Waals surface area (Å²) in [6, 6.07) is 3.87. The lowest BCUT2D eigenvalue weighted by molar-refractivity contribution is -0.385. The van der Waals surface area contributed by atoms with E-state index in [-0.39, 0.29) is 12.3 Å². The van der Waals surface area contributed by atoms with Crippen molar-refractivity contribution in [1.29, 1.82) is 0 Å². The minimum atomic E-state index is -0.578. The van der Waals surface area contributed by atoms with E-state index in [1.165, 1.54) is 12.1 Å². The van der Waals surface area contributed by atoms with Gasteiger partial charge in [-0.25, -0.2) is 0 Å². The zero-order valence-electron chi connectivity index (χ0n) is 11.7. The molecule has 7 nitrogen and oxygen atoms in total. The average molecular weight is 282 g/mol. The Hall–Kier alpha value is -2.15. The molecule has 0 aliphatic rings. The molecule has 1 unspecified atom stereocenters. The summed E-state index contributed by atoms with van der Waals surface area (Å²) in [5.74, 6) is 0.0753. The van der Waals surface area contributed by atoms with Crippen molar-refractivity contribution in [2.24, 2.45) is 0 Å². The van der Waals surface area contributed by atoms with Gasteiger partial charge in [-0.1, -0.05) is 0 Å². The number of hydrogen-bond donors (Lipinski definition) is 1. The van der Waals surface area contributed by atoms with Gasteiger partial charge in [-0.05, 0) is 33.0 Å². The topological polar surface area (TPSA) is 90.7 Å². The molecule has 1 N–H and O–H groups in total. The monoisotopic (exact) mass is 282 g/mol. The number of nitro groups is 1. The predicted molar refractivity (Wildman–Crippen MR) is 72.8 cm³/mol. The molecule has 0 heterocycles. The molecule has 7 heteroatoms. The summed E-state index contributed by atoms with van der Waals surface area (Å²) < 4.78 is 10.3. The molecule has 0 radical (unpaired) electrons. The first-order valence-electron chi connectivity index (χ1n) is 6.21. The van der Waals surface area contributed by atoms with Crippen LogP contribution in [0.25, 0.3) is 0 Å². The molecule has 0 saturated carbocycles. The van der Waals surface area contributed by atoms with E-state index in [1.54, 1.807) is 27.0 Å². The van der Waals surface area contributed by atoms with E-state index < -0.39 is 16.9 Å². The normalized spacial score (nSPS) is 11.8. The summed E-state index contributed by atoms with van der Waals surface area (Å²) in [5, 5.41) is 13.5. The van der Waals surface area contributed by atoms with Gasteiger partial charge in [0.25, 0.3) is 5.69 Å². The predicted octanol–water partition coefficient (Wildman–Crippen LogP) is 1.43. The standard InChI is InChI=1S/C13H18N2O5/c1-4-19-13(16)11(14-3)8-20-10-5-6-12(15(17)18)9(2)7-10/h5-7,11,14H,4,8H2,1-3H3. The zero-order valence-corrected chi connectivity index (χ0v) is 11.7. The quantitative estimate of drug-likeness (QED) is 0.462. The van der Waals surface area contributed by atoms with Crippen molar-refractivity contribution < 1.29 is 19.2 Å². The fourth-order valence-electron chi connectivity index (χ4n) is 1.61. The SMILES string of the molecule is CCOC(=O)C(COc1ccc([N+](=O)[O-])c(C)c1)NC. The number of carbonyl (C=O) groups excluding carboxylic acids is 1. The van der Waals surface area contributed by atoms with Crippen LogP contribution in [-0.4, -0.2) is 37.2 Å². The van der Waals surface area contributed by atoms with Crippen LogP contribution in [0.3, 0.4) is 0 Å². The van der Waals surface area contributed by atoms with E-state index in [4.69, 9.17) is 9.47 Å². The largest absolute Gasteiger partial charge is 0.491 e. The number of benzene rings is 1. The number of nitrogens with one attached hydrogen (secondary N) is 1. The molecule has 1 rings (SSSR count). The highest BCUT2D eigenvalue weighted by molar-refractivity contribution is 5.75. The van der Waals surface area contributed by atoms with Crippen LogP contribution in [0, 0.1) is 17.0 Å². The third-order valence-corrected chi connectivity index (χ3v) is 2.70. The number of nitro benzene ring substituents is 1. The molecule has 0 saturated heterocycles. The summed E-state index contributed by atoms with van der Waals surface area (Å²) in [7, 11) is 1.63. The van der Waals surface area contributed by atoms with Gasteiger partial charge in [0.15, 0.2) is 0 Å². The van der Waals surface area contributed by atoms with Crippen LogP contribution in [0.4, 0.5) is 5.69 Å². The summed E-state index contributed by atoms with van der Waals surface area (Å²) in [6.45, 7) is 3.75. The maximum atomic E-state index is 11.6. The lowest BCUT2D eigenvalue weighted by Crippen LogP contribution is -2.40. The third-order valence-electron chi connectivity index (χ3n) is 2.70. The van der Waals surface area contributed by atoms with Gasteiger partial charge in [0, 0.05) is 11.6 Å². The highest BCUT2D eigenvalue weighted by Crippen LogP contribution is 2.23. The van der Waals surface area contributed by atoms with Crippen LogP contribution in [0.5, 0.6) is 5.75 Å². The minimum absolute atomic E-state index is 0.0351. The molecule has 0 amide bonds. The van der Waals surface area contributed by atoms with E-state index in [9.17, 15) is 14.9 Å². The highest BCUT2D eigenvalue weighted by atomic mass is 16.6. The van der Waals surface area contributed by atoms with Crippen LogP contribution >= 0.6 is 0 Å². The van der Waals surface area contributed by atoms with Crippen molar-refractivity contribution in [2.75, 3.05) is 20.3 Å². The average Bonchev–Trinajstić information content (AvgIpc) is 2.39. The molecule has 1 aromatic carbocycles. The van der Waals surface area contributed by atoms with E-state index in [0.29, 0.717) is 17.9 Å². The van der Waals surface area contributed by atoms with Crippen LogP contribution in [0.15, 0.2) is 18.2 Å². The number of ether oxygens (including phenoxy) is 2. The van der Waals surface area contributed by atoms with Crippen molar-refractivity contribution in [1.82, 2.24) is 5.32 Å². The summed E-state index contributed by atoms with van der Waals surface area (Å²) >= 11 is 0. The van der Waals surface area contributed by atoms with Crippen molar-refractivity contribution >= 4 is 11.7 Å². The molecule has 0 fully saturated rings. The van der Waals surface area contributed by atoms with E-state index in [2.05, 4.69) is 5.32 Å². The van der Waals surface area contributed by atoms with Gasteiger partial charge in [0.05, 0.1) is 11.5 Å².